The van der Waals surface area contributed by atoms with E-state index in [2.05, 4.69) is 10.3 Å². The molecule has 1 aromatic heterocycles. The minimum Gasteiger partial charge on any atom is -0.494 e. The first kappa shape index (κ1) is 20.9. The van der Waals surface area contributed by atoms with Crippen molar-refractivity contribution < 1.29 is 14.3 Å². The van der Waals surface area contributed by atoms with Crippen molar-refractivity contribution >= 4 is 17.2 Å². The number of aromatic nitrogens is 1. The van der Waals surface area contributed by atoms with Gasteiger partial charge in [0.15, 0.2) is 0 Å². The van der Waals surface area contributed by atoms with Gasteiger partial charge in [-0.1, -0.05) is 24.3 Å². The minimum absolute atomic E-state index is 0.0319. The van der Waals surface area contributed by atoms with E-state index in [-0.39, 0.29) is 12.3 Å². The summed E-state index contributed by atoms with van der Waals surface area (Å²) in [4.78, 5) is 16.8. The predicted octanol–water partition coefficient (Wildman–Crippen LogP) is 4.65. The van der Waals surface area contributed by atoms with Gasteiger partial charge >= 0.3 is 0 Å². The van der Waals surface area contributed by atoms with E-state index in [1.807, 2.05) is 67.8 Å². The Balaban J connectivity index is 1.43. The van der Waals surface area contributed by atoms with Gasteiger partial charge in [0.1, 0.15) is 16.5 Å². The standard InChI is InChI=1S/C23H26N2O3S/c1-3-27-21-11-5-4-10-20(21)23-25-18(16-29-23)15-22(26)24-12-7-13-28-19-9-6-8-17(2)14-19/h4-6,8-11,14,16H,3,7,12-13,15H2,1-2H3,(H,24,26). The number of thiazole rings is 1. The summed E-state index contributed by atoms with van der Waals surface area (Å²) in [5.41, 5.74) is 2.89. The average Bonchev–Trinajstić information content (AvgIpc) is 3.16. The summed E-state index contributed by atoms with van der Waals surface area (Å²) in [6, 6.07) is 15.8. The third kappa shape index (κ3) is 6.32. The molecular formula is C23H26N2O3S. The average molecular weight is 411 g/mol. The smallest absolute Gasteiger partial charge is 0.226 e. The summed E-state index contributed by atoms with van der Waals surface area (Å²) in [6.07, 6.45) is 1.02. The van der Waals surface area contributed by atoms with Crippen molar-refractivity contribution in [1.29, 1.82) is 0 Å². The summed E-state index contributed by atoms with van der Waals surface area (Å²) in [5.74, 6) is 1.64. The zero-order valence-electron chi connectivity index (χ0n) is 16.8. The number of rotatable bonds is 10. The van der Waals surface area contributed by atoms with Crippen LogP contribution in [0.4, 0.5) is 0 Å². The number of aryl methyl sites for hydroxylation is 1. The number of benzene rings is 2. The molecule has 1 amide bonds. The number of nitrogens with one attached hydrogen (secondary N) is 1. The quantitative estimate of drug-likeness (QED) is 0.495. The van der Waals surface area contributed by atoms with Gasteiger partial charge in [-0.25, -0.2) is 4.98 Å². The molecule has 2 aromatic carbocycles. The van der Waals surface area contributed by atoms with Crippen LogP contribution >= 0.6 is 11.3 Å². The van der Waals surface area contributed by atoms with Crippen molar-refractivity contribution in [2.45, 2.75) is 26.7 Å². The zero-order chi connectivity index (χ0) is 20.5. The lowest BCUT2D eigenvalue weighted by atomic mass is 10.2. The lowest BCUT2D eigenvalue weighted by molar-refractivity contribution is -0.120. The molecule has 152 valence electrons. The Kier molecular flexibility index (Phi) is 7.64. The van der Waals surface area contributed by atoms with Crippen molar-refractivity contribution in [1.82, 2.24) is 10.3 Å². The van der Waals surface area contributed by atoms with Gasteiger partial charge in [0.05, 0.1) is 30.9 Å². The molecule has 0 saturated carbocycles. The van der Waals surface area contributed by atoms with Gasteiger partial charge in [0.2, 0.25) is 5.91 Å². The van der Waals surface area contributed by atoms with E-state index in [9.17, 15) is 4.79 Å². The number of para-hydroxylation sites is 1. The molecule has 0 bridgehead atoms. The predicted molar refractivity (Wildman–Crippen MR) is 117 cm³/mol. The monoisotopic (exact) mass is 410 g/mol. The number of carbonyl (C=O) groups excluding carboxylic acids is 1. The summed E-state index contributed by atoms with van der Waals surface area (Å²) in [6.45, 7) is 5.74. The van der Waals surface area contributed by atoms with Gasteiger partial charge < -0.3 is 14.8 Å². The Labute approximate surface area is 175 Å². The summed E-state index contributed by atoms with van der Waals surface area (Å²) in [7, 11) is 0. The summed E-state index contributed by atoms with van der Waals surface area (Å²) >= 11 is 1.52. The SMILES string of the molecule is CCOc1ccccc1-c1nc(CC(=O)NCCCOc2cccc(C)c2)cs1. The van der Waals surface area contributed by atoms with Gasteiger partial charge in [0, 0.05) is 11.9 Å². The first-order chi connectivity index (χ1) is 14.2. The fourth-order valence-corrected chi connectivity index (χ4v) is 3.71. The Bertz CT molecular complexity index is 939. The van der Waals surface area contributed by atoms with Crippen molar-refractivity contribution in [2.75, 3.05) is 19.8 Å². The molecule has 0 aliphatic carbocycles. The van der Waals surface area contributed by atoms with E-state index >= 15 is 0 Å². The van der Waals surface area contributed by atoms with E-state index in [1.54, 1.807) is 0 Å². The molecule has 6 heteroatoms. The summed E-state index contributed by atoms with van der Waals surface area (Å²) < 4.78 is 11.4. The van der Waals surface area contributed by atoms with Gasteiger partial charge in [0.25, 0.3) is 0 Å². The molecule has 0 radical (unpaired) electrons. The third-order valence-corrected chi connectivity index (χ3v) is 5.14. The van der Waals surface area contributed by atoms with E-state index in [1.165, 1.54) is 16.9 Å². The number of carbonyl (C=O) groups is 1. The zero-order valence-corrected chi connectivity index (χ0v) is 17.6. The first-order valence-corrected chi connectivity index (χ1v) is 10.7. The van der Waals surface area contributed by atoms with E-state index < -0.39 is 0 Å². The molecule has 0 atom stereocenters. The number of amides is 1. The second-order valence-corrected chi connectivity index (χ2v) is 7.48. The highest BCUT2D eigenvalue weighted by molar-refractivity contribution is 7.13. The minimum atomic E-state index is -0.0319. The maximum absolute atomic E-state index is 12.2. The molecular weight excluding hydrogens is 384 g/mol. The highest BCUT2D eigenvalue weighted by Crippen LogP contribution is 2.32. The molecule has 1 heterocycles. The molecule has 5 nitrogen and oxygen atoms in total. The largest absolute Gasteiger partial charge is 0.494 e. The van der Waals surface area contributed by atoms with Crippen molar-refractivity contribution in [3.63, 3.8) is 0 Å². The van der Waals surface area contributed by atoms with E-state index in [0.29, 0.717) is 19.8 Å². The molecule has 29 heavy (non-hydrogen) atoms. The van der Waals surface area contributed by atoms with Crippen molar-refractivity contribution in [3.05, 3.63) is 65.2 Å². The number of ether oxygens (including phenoxy) is 2. The van der Waals surface area contributed by atoms with Crippen LogP contribution in [-0.4, -0.2) is 30.6 Å². The summed E-state index contributed by atoms with van der Waals surface area (Å²) in [5, 5.41) is 5.72. The lowest BCUT2D eigenvalue weighted by Crippen LogP contribution is -2.27. The molecule has 3 aromatic rings. The maximum atomic E-state index is 12.2. The fraction of sp³-hybridized carbons (Fsp3) is 0.304. The lowest BCUT2D eigenvalue weighted by Gasteiger charge is -2.08. The van der Waals surface area contributed by atoms with Crippen LogP contribution in [0.3, 0.4) is 0 Å². The third-order valence-electron chi connectivity index (χ3n) is 4.21. The molecule has 0 fully saturated rings. The van der Waals surface area contributed by atoms with Crippen LogP contribution in [0.25, 0.3) is 10.6 Å². The number of hydrogen-bond acceptors (Lipinski definition) is 5. The molecule has 0 saturated heterocycles. The topological polar surface area (TPSA) is 60.5 Å². The second kappa shape index (κ2) is 10.6. The van der Waals surface area contributed by atoms with Gasteiger partial charge in [-0.3, -0.25) is 4.79 Å². The van der Waals surface area contributed by atoms with E-state index in [0.717, 1.165) is 34.2 Å². The molecule has 0 aliphatic heterocycles. The maximum Gasteiger partial charge on any atom is 0.226 e. The first-order valence-electron chi connectivity index (χ1n) is 9.78. The Hall–Kier alpha value is -2.86. The van der Waals surface area contributed by atoms with Crippen LogP contribution in [0, 0.1) is 6.92 Å². The highest BCUT2D eigenvalue weighted by Gasteiger charge is 2.12. The second-order valence-electron chi connectivity index (χ2n) is 6.62. The Morgan fingerprint density at radius 2 is 2.00 bits per heavy atom. The number of hydrogen-bond donors (Lipinski definition) is 1. The van der Waals surface area contributed by atoms with E-state index in [4.69, 9.17) is 9.47 Å². The van der Waals surface area contributed by atoms with Crippen molar-refractivity contribution in [2.24, 2.45) is 0 Å². The van der Waals surface area contributed by atoms with Crippen LogP contribution < -0.4 is 14.8 Å². The Morgan fingerprint density at radius 3 is 2.83 bits per heavy atom. The fourth-order valence-electron chi connectivity index (χ4n) is 2.86. The molecule has 0 spiro atoms. The highest BCUT2D eigenvalue weighted by atomic mass is 32.1. The number of nitrogens with zero attached hydrogens (tertiary/aromatic N) is 1. The molecule has 1 N–H and O–H groups in total. The van der Waals surface area contributed by atoms with Crippen LogP contribution in [0.15, 0.2) is 53.9 Å². The van der Waals surface area contributed by atoms with Crippen LogP contribution in [0.2, 0.25) is 0 Å². The van der Waals surface area contributed by atoms with Crippen molar-refractivity contribution in [3.8, 4) is 22.1 Å². The van der Waals surface area contributed by atoms with Crippen LogP contribution in [0.5, 0.6) is 11.5 Å². The van der Waals surface area contributed by atoms with Crippen LogP contribution in [0.1, 0.15) is 24.6 Å². The molecule has 0 unspecified atom stereocenters. The van der Waals surface area contributed by atoms with Gasteiger partial charge in [-0.2, -0.15) is 0 Å². The molecule has 3 rings (SSSR count). The molecule has 0 aliphatic rings. The van der Waals surface area contributed by atoms with Gasteiger partial charge in [-0.15, -0.1) is 11.3 Å². The Morgan fingerprint density at radius 1 is 1.14 bits per heavy atom. The van der Waals surface area contributed by atoms with Crippen LogP contribution in [-0.2, 0) is 11.2 Å². The van der Waals surface area contributed by atoms with Gasteiger partial charge in [-0.05, 0) is 50.1 Å². The normalized spacial score (nSPS) is 10.6.